The Bertz CT molecular complexity index is 1330. The van der Waals surface area contributed by atoms with Gasteiger partial charge >= 0.3 is 0 Å². The lowest BCUT2D eigenvalue weighted by atomic mass is 9.97. The molecule has 2 aromatic heterocycles. The summed E-state index contributed by atoms with van der Waals surface area (Å²) in [5.41, 5.74) is 6.09. The monoisotopic (exact) mass is 411 g/mol. The van der Waals surface area contributed by atoms with E-state index in [0.717, 1.165) is 53.1 Å². The minimum Gasteiger partial charge on any atom is -0.508 e. The van der Waals surface area contributed by atoms with Crippen LogP contribution in [0.3, 0.4) is 0 Å². The molecule has 156 valence electrons. The molecule has 0 bridgehead atoms. The molecule has 5 rings (SSSR count). The van der Waals surface area contributed by atoms with Gasteiger partial charge in [-0.15, -0.1) is 0 Å². The zero-order valence-electron chi connectivity index (χ0n) is 18.0. The molecule has 2 aromatic carbocycles. The van der Waals surface area contributed by atoms with Gasteiger partial charge in [0.2, 0.25) is 0 Å². The highest BCUT2D eigenvalue weighted by molar-refractivity contribution is 5.92. The fourth-order valence-corrected chi connectivity index (χ4v) is 4.74. The minimum absolute atomic E-state index is 0.228. The Morgan fingerprint density at radius 1 is 1.13 bits per heavy atom. The van der Waals surface area contributed by atoms with Gasteiger partial charge in [0.25, 0.3) is 0 Å². The third kappa shape index (κ3) is 3.01. The first-order valence-corrected chi connectivity index (χ1v) is 10.5. The number of benzene rings is 2. The van der Waals surface area contributed by atoms with Crippen molar-refractivity contribution >= 4 is 22.5 Å². The predicted molar refractivity (Wildman–Crippen MR) is 124 cm³/mol. The largest absolute Gasteiger partial charge is 0.508 e. The highest BCUT2D eigenvalue weighted by Crippen LogP contribution is 2.41. The SMILES string of the molecule is Cc1c(-c2ccc(O)cc2)c(N2CC[C@H](N(C)C)C2)n2c(nc3ccccc32)c1C#N. The van der Waals surface area contributed by atoms with E-state index in [1.54, 1.807) is 12.1 Å². The molecular formula is C25H25N5O. The molecule has 0 amide bonds. The molecule has 1 fully saturated rings. The normalized spacial score (nSPS) is 16.5. The maximum absolute atomic E-state index is 10.1. The number of nitriles is 1. The number of pyridine rings is 1. The van der Waals surface area contributed by atoms with Crippen LogP contribution in [0.2, 0.25) is 0 Å². The van der Waals surface area contributed by atoms with E-state index < -0.39 is 0 Å². The van der Waals surface area contributed by atoms with Crippen molar-refractivity contribution in [3.05, 3.63) is 59.7 Å². The summed E-state index contributed by atoms with van der Waals surface area (Å²) in [4.78, 5) is 9.54. The summed E-state index contributed by atoms with van der Waals surface area (Å²) < 4.78 is 2.15. The van der Waals surface area contributed by atoms with E-state index in [1.165, 1.54) is 0 Å². The van der Waals surface area contributed by atoms with Crippen molar-refractivity contribution in [2.75, 3.05) is 32.1 Å². The zero-order chi connectivity index (χ0) is 21.7. The number of aromatic nitrogens is 2. The summed E-state index contributed by atoms with van der Waals surface area (Å²) >= 11 is 0. The summed E-state index contributed by atoms with van der Waals surface area (Å²) in [5, 5.41) is 19.9. The quantitative estimate of drug-likeness (QED) is 0.548. The Hall–Kier alpha value is -3.56. The number of anilines is 1. The number of aromatic hydroxyl groups is 1. The molecule has 1 N–H and O–H groups in total. The van der Waals surface area contributed by atoms with Crippen molar-refractivity contribution in [1.82, 2.24) is 14.3 Å². The molecule has 1 aliphatic heterocycles. The van der Waals surface area contributed by atoms with E-state index in [2.05, 4.69) is 40.4 Å². The lowest BCUT2D eigenvalue weighted by Crippen LogP contribution is -2.32. The third-order valence-corrected chi connectivity index (χ3v) is 6.43. The van der Waals surface area contributed by atoms with Gasteiger partial charge in [0.15, 0.2) is 5.65 Å². The Morgan fingerprint density at radius 2 is 1.87 bits per heavy atom. The molecule has 6 heteroatoms. The fourth-order valence-electron chi connectivity index (χ4n) is 4.74. The molecule has 6 nitrogen and oxygen atoms in total. The molecule has 3 heterocycles. The van der Waals surface area contributed by atoms with Crippen LogP contribution in [-0.2, 0) is 0 Å². The number of nitrogens with zero attached hydrogens (tertiary/aromatic N) is 5. The first-order valence-electron chi connectivity index (χ1n) is 10.5. The van der Waals surface area contributed by atoms with Crippen LogP contribution in [0.25, 0.3) is 27.8 Å². The second kappa shape index (κ2) is 7.29. The van der Waals surface area contributed by atoms with Gasteiger partial charge in [0.1, 0.15) is 17.6 Å². The first kappa shape index (κ1) is 19.4. The molecule has 0 unspecified atom stereocenters. The number of rotatable bonds is 3. The second-order valence-corrected chi connectivity index (χ2v) is 8.47. The number of hydrogen-bond acceptors (Lipinski definition) is 5. The van der Waals surface area contributed by atoms with Gasteiger partial charge in [0.05, 0.1) is 16.6 Å². The van der Waals surface area contributed by atoms with Gasteiger partial charge in [-0.1, -0.05) is 24.3 Å². The minimum atomic E-state index is 0.228. The topological polar surface area (TPSA) is 67.8 Å². The van der Waals surface area contributed by atoms with Crippen molar-refractivity contribution in [2.45, 2.75) is 19.4 Å². The standard InChI is InChI=1S/C25H25N5O/c1-16-20(14-26)24-27-21-6-4-5-7-22(21)30(24)25(29-13-12-18(15-29)28(2)3)23(16)17-8-10-19(31)11-9-17/h4-11,18,31H,12-13,15H2,1-3H3/t18-/m0/s1. The van der Waals surface area contributed by atoms with Crippen molar-refractivity contribution < 1.29 is 5.11 Å². The summed E-state index contributed by atoms with van der Waals surface area (Å²) in [6, 6.07) is 18.2. The number of phenols is 1. The van der Waals surface area contributed by atoms with Gasteiger partial charge in [0, 0.05) is 24.7 Å². The average molecular weight is 412 g/mol. The molecule has 0 radical (unpaired) electrons. The van der Waals surface area contributed by atoms with Crippen LogP contribution in [-0.4, -0.2) is 52.6 Å². The molecule has 1 atom stereocenters. The molecule has 4 aromatic rings. The number of phenolic OH excluding ortho intramolecular Hbond substituents is 1. The predicted octanol–water partition coefficient (Wildman–Crippen LogP) is 4.18. The highest BCUT2D eigenvalue weighted by Gasteiger charge is 2.30. The van der Waals surface area contributed by atoms with Crippen LogP contribution >= 0.6 is 0 Å². The number of fused-ring (bicyclic) bond motifs is 3. The second-order valence-electron chi connectivity index (χ2n) is 8.47. The van der Waals surface area contributed by atoms with Gasteiger partial charge in [-0.25, -0.2) is 4.98 Å². The van der Waals surface area contributed by atoms with Gasteiger partial charge < -0.3 is 14.9 Å². The Morgan fingerprint density at radius 3 is 2.55 bits per heavy atom. The van der Waals surface area contributed by atoms with Crippen molar-refractivity contribution in [3.8, 4) is 22.9 Å². The van der Waals surface area contributed by atoms with E-state index in [4.69, 9.17) is 4.98 Å². The molecular weight excluding hydrogens is 386 g/mol. The van der Waals surface area contributed by atoms with Crippen LogP contribution < -0.4 is 4.90 Å². The smallest absolute Gasteiger partial charge is 0.157 e. The number of imidazole rings is 1. The lowest BCUT2D eigenvalue weighted by Gasteiger charge is -2.27. The van der Waals surface area contributed by atoms with E-state index in [-0.39, 0.29) is 5.75 Å². The summed E-state index contributed by atoms with van der Waals surface area (Å²) in [7, 11) is 4.25. The molecule has 0 aliphatic carbocycles. The summed E-state index contributed by atoms with van der Waals surface area (Å²) in [6.07, 6.45) is 1.08. The van der Waals surface area contributed by atoms with Crippen LogP contribution in [0, 0.1) is 18.3 Å². The number of para-hydroxylation sites is 2. The Kier molecular flexibility index (Phi) is 4.57. The molecule has 31 heavy (non-hydrogen) atoms. The molecule has 1 saturated heterocycles. The fraction of sp³-hybridized carbons (Fsp3) is 0.280. The summed E-state index contributed by atoms with van der Waals surface area (Å²) in [6.45, 7) is 3.84. The van der Waals surface area contributed by atoms with Crippen molar-refractivity contribution in [3.63, 3.8) is 0 Å². The van der Waals surface area contributed by atoms with Crippen LogP contribution in [0.4, 0.5) is 5.82 Å². The van der Waals surface area contributed by atoms with E-state index >= 15 is 0 Å². The summed E-state index contributed by atoms with van der Waals surface area (Å²) in [5.74, 6) is 1.29. The Balaban J connectivity index is 1.90. The van der Waals surface area contributed by atoms with Gasteiger partial charge in [-0.2, -0.15) is 5.26 Å². The van der Waals surface area contributed by atoms with Crippen LogP contribution in [0.15, 0.2) is 48.5 Å². The van der Waals surface area contributed by atoms with Gasteiger partial charge in [-0.3, -0.25) is 4.40 Å². The van der Waals surface area contributed by atoms with Gasteiger partial charge in [-0.05, 0) is 62.8 Å². The Labute approximate surface area is 181 Å². The highest BCUT2D eigenvalue weighted by atomic mass is 16.3. The number of likely N-dealkylation sites (N-methyl/N-ethyl adjacent to an activating group) is 1. The first-order chi connectivity index (χ1) is 15.0. The van der Waals surface area contributed by atoms with Crippen LogP contribution in [0.5, 0.6) is 5.75 Å². The maximum Gasteiger partial charge on any atom is 0.157 e. The van der Waals surface area contributed by atoms with Crippen LogP contribution in [0.1, 0.15) is 17.5 Å². The third-order valence-electron chi connectivity index (χ3n) is 6.43. The van der Waals surface area contributed by atoms with E-state index in [9.17, 15) is 10.4 Å². The zero-order valence-corrected chi connectivity index (χ0v) is 18.0. The van der Waals surface area contributed by atoms with Crippen molar-refractivity contribution in [2.24, 2.45) is 0 Å². The van der Waals surface area contributed by atoms with E-state index in [1.807, 2.05) is 37.3 Å². The van der Waals surface area contributed by atoms with Crippen molar-refractivity contribution in [1.29, 1.82) is 5.26 Å². The number of hydrogen-bond donors (Lipinski definition) is 1. The molecule has 0 saturated carbocycles. The van der Waals surface area contributed by atoms with E-state index in [0.29, 0.717) is 17.3 Å². The maximum atomic E-state index is 10.1. The molecule has 0 spiro atoms. The average Bonchev–Trinajstić information content (AvgIpc) is 3.39. The molecule has 1 aliphatic rings. The lowest BCUT2D eigenvalue weighted by molar-refractivity contribution is 0.315.